The van der Waals surface area contributed by atoms with Crippen molar-refractivity contribution >= 4 is 5.91 Å². The molecule has 2 rings (SSSR count). The van der Waals surface area contributed by atoms with E-state index < -0.39 is 0 Å². The summed E-state index contributed by atoms with van der Waals surface area (Å²) >= 11 is 0. The molecule has 0 bridgehead atoms. The smallest absolute Gasteiger partial charge is 0.293 e. The van der Waals surface area contributed by atoms with Crippen molar-refractivity contribution in [1.29, 1.82) is 0 Å². The number of rotatable bonds is 2. The molecule has 0 radical (unpaired) electrons. The van der Waals surface area contributed by atoms with E-state index in [9.17, 15) is 4.79 Å². The number of nitrogens with zero attached hydrogens (tertiary/aromatic N) is 3. The number of nitrogens with one attached hydrogen (secondary N) is 1. The maximum atomic E-state index is 12.3. The molecule has 1 amide bonds. The zero-order valence-electron chi connectivity index (χ0n) is 11.6. The first-order valence-corrected chi connectivity index (χ1v) is 6.70. The van der Waals surface area contributed by atoms with Crippen LogP contribution in [-0.4, -0.2) is 39.1 Å². The Morgan fingerprint density at radius 1 is 1.39 bits per heavy atom. The molecular weight excluding hydrogens is 228 g/mol. The van der Waals surface area contributed by atoms with Crippen molar-refractivity contribution < 1.29 is 4.79 Å². The third kappa shape index (κ3) is 2.54. The van der Waals surface area contributed by atoms with Crippen LogP contribution in [0.2, 0.25) is 0 Å². The van der Waals surface area contributed by atoms with Gasteiger partial charge in [0.05, 0.1) is 0 Å². The predicted octanol–water partition coefficient (Wildman–Crippen LogP) is 2.05. The second-order valence-electron chi connectivity index (χ2n) is 5.69. The topological polar surface area (TPSA) is 61.9 Å². The molecular formula is C13H22N4O. The molecule has 1 fully saturated rings. The normalized spacial score (nSPS) is 24.6. The molecule has 1 aromatic rings. The summed E-state index contributed by atoms with van der Waals surface area (Å²) < 4.78 is 0. The van der Waals surface area contributed by atoms with E-state index in [1.54, 1.807) is 0 Å². The minimum absolute atomic E-state index is 0.0445. The highest BCUT2D eigenvalue weighted by Crippen LogP contribution is 2.23. The number of carbonyl (C=O) groups is 1. The number of H-pyrrole nitrogens is 1. The molecule has 1 N–H and O–H groups in total. The molecule has 2 heterocycles. The fraction of sp³-hybridized carbons (Fsp3) is 0.769. The van der Waals surface area contributed by atoms with E-state index in [2.05, 4.69) is 29.0 Å². The number of likely N-dealkylation sites (tertiary alicyclic amines) is 1. The van der Waals surface area contributed by atoms with E-state index in [1.165, 1.54) is 0 Å². The van der Waals surface area contributed by atoms with Crippen molar-refractivity contribution in [2.45, 2.75) is 40.0 Å². The van der Waals surface area contributed by atoms with Crippen LogP contribution in [0.3, 0.4) is 0 Å². The predicted molar refractivity (Wildman–Crippen MR) is 69.3 cm³/mol. The van der Waals surface area contributed by atoms with Gasteiger partial charge in [0.1, 0.15) is 5.82 Å². The largest absolute Gasteiger partial charge is 0.336 e. The fourth-order valence-electron chi connectivity index (χ4n) is 2.22. The zero-order chi connectivity index (χ0) is 13.3. The lowest BCUT2D eigenvalue weighted by Gasteiger charge is -2.34. The molecule has 1 saturated heterocycles. The van der Waals surface area contributed by atoms with Crippen LogP contribution in [0, 0.1) is 11.8 Å². The first-order chi connectivity index (χ1) is 8.49. The van der Waals surface area contributed by atoms with E-state index in [-0.39, 0.29) is 11.8 Å². The van der Waals surface area contributed by atoms with Gasteiger partial charge in [0.2, 0.25) is 5.82 Å². The number of amides is 1. The highest BCUT2D eigenvalue weighted by molar-refractivity contribution is 5.90. The van der Waals surface area contributed by atoms with Gasteiger partial charge in [0.25, 0.3) is 5.91 Å². The summed E-state index contributed by atoms with van der Waals surface area (Å²) in [5.74, 6) is 2.53. The molecule has 100 valence electrons. The van der Waals surface area contributed by atoms with E-state index in [1.807, 2.05) is 18.7 Å². The van der Waals surface area contributed by atoms with Crippen LogP contribution in [0.15, 0.2) is 0 Å². The summed E-state index contributed by atoms with van der Waals surface area (Å²) in [4.78, 5) is 18.4. The lowest BCUT2D eigenvalue weighted by atomic mass is 9.89. The lowest BCUT2D eigenvalue weighted by molar-refractivity contribution is 0.0615. The van der Waals surface area contributed by atoms with Crippen molar-refractivity contribution in [2.75, 3.05) is 13.1 Å². The van der Waals surface area contributed by atoms with Crippen LogP contribution in [0.4, 0.5) is 0 Å². The molecule has 2 atom stereocenters. The number of aromatic amines is 1. The van der Waals surface area contributed by atoms with Crippen LogP contribution < -0.4 is 0 Å². The Morgan fingerprint density at radius 2 is 2.11 bits per heavy atom. The second-order valence-corrected chi connectivity index (χ2v) is 5.69. The Kier molecular flexibility index (Phi) is 3.68. The SMILES string of the molecule is CC(C)c1nc(C(=O)N2CCC(C)C(C)C2)n[nH]1. The Balaban J connectivity index is 2.06. The van der Waals surface area contributed by atoms with Gasteiger partial charge in [-0.2, -0.15) is 0 Å². The van der Waals surface area contributed by atoms with Gasteiger partial charge in [-0.15, -0.1) is 5.10 Å². The van der Waals surface area contributed by atoms with Gasteiger partial charge >= 0.3 is 0 Å². The van der Waals surface area contributed by atoms with Crippen LogP contribution in [0.25, 0.3) is 0 Å². The summed E-state index contributed by atoms with van der Waals surface area (Å²) in [5.41, 5.74) is 0. The molecule has 1 aliphatic rings. The third-order valence-corrected chi connectivity index (χ3v) is 3.86. The first kappa shape index (κ1) is 13.1. The van der Waals surface area contributed by atoms with E-state index in [4.69, 9.17) is 0 Å². The summed E-state index contributed by atoms with van der Waals surface area (Å²) in [7, 11) is 0. The molecule has 5 heteroatoms. The number of carbonyl (C=O) groups excluding carboxylic acids is 1. The van der Waals surface area contributed by atoms with Crippen LogP contribution in [0.1, 0.15) is 56.5 Å². The van der Waals surface area contributed by atoms with Gasteiger partial charge in [0, 0.05) is 19.0 Å². The van der Waals surface area contributed by atoms with Crippen molar-refractivity contribution in [3.8, 4) is 0 Å². The standard InChI is InChI=1S/C13H22N4O/c1-8(2)11-14-12(16-15-11)13(18)17-6-5-9(3)10(4)7-17/h8-10H,5-7H2,1-4H3,(H,14,15,16). The van der Waals surface area contributed by atoms with Gasteiger partial charge in [-0.25, -0.2) is 4.98 Å². The van der Waals surface area contributed by atoms with E-state index in [0.29, 0.717) is 17.7 Å². The van der Waals surface area contributed by atoms with Crippen molar-refractivity contribution in [3.63, 3.8) is 0 Å². The van der Waals surface area contributed by atoms with Crippen LogP contribution in [0.5, 0.6) is 0 Å². The minimum atomic E-state index is -0.0445. The van der Waals surface area contributed by atoms with Gasteiger partial charge in [0.15, 0.2) is 0 Å². The molecule has 2 unspecified atom stereocenters. The Hall–Kier alpha value is -1.39. The van der Waals surface area contributed by atoms with Gasteiger partial charge in [-0.05, 0) is 18.3 Å². The van der Waals surface area contributed by atoms with Crippen LogP contribution >= 0.6 is 0 Å². The number of aromatic nitrogens is 3. The molecule has 1 aromatic heterocycles. The Labute approximate surface area is 108 Å². The average Bonchev–Trinajstić information content (AvgIpc) is 2.81. The maximum absolute atomic E-state index is 12.3. The van der Waals surface area contributed by atoms with E-state index >= 15 is 0 Å². The first-order valence-electron chi connectivity index (χ1n) is 6.70. The minimum Gasteiger partial charge on any atom is -0.336 e. The second kappa shape index (κ2) is 5.08. The van der Waals surface area contributed by atoms with Crippen molar-refractivity contribution in [1.82, 2.24) is 20.1 Å². The number of hydrogen-bond acceptors (Lipinski definition) is 3. The summed E-state index contributed by atoms with van der Waals surface area (Å²) in [6, 6.07) is 0. The molecule has 0 saturated carbocycles. The van der Waals surface area contributed by atoms with Crippen LogP contribution in [-0.2, 0) is 0 Å². The molecule has 1 aliphatic heterocycles. The maximum Gasteiger partial charge on any atom is 0.293 e. The molecule has 0 aromatic carbocycles. The quantitative estimate of drug-likeness (QED) is 0.873. The highest BCUT2D eigenvalue weighted by atomic mass is 16.2. The van der Waals surface area contributed by atoms with Crippen molar-refractivity contribution in [3.05, 3.63) is 11.6 Å². The van der Waals surface area contributed by atoms with Crippen molar-refractivity contribution in [2.24, 2.45) is 11.8 Å². The zero-order valence-corrected chi connectivity index (χ0v) is 11.6. The Bertz CT molecular complexity index is 426. The average molecular weight is 250 g/mol. The summed E-state index contributed by atoms with van der Waals surface area (Å²) in [5, 5.41) is 6.87. The van der Waals surface area contributed by atoms with E-state index in [0.717, 1.165) is 25.3 Å². The monoisotopic (exact) mass is 250 g/mol. The van der Waals surface area contributed by atoms with Gasteiger partial charge in [-0.1, -0.05) is 27.7 Å². The molecule has 5 nitrogen and oxygen atoms in total. The lowest BCUT2D eigenvalue weighted by Crippen LogP contribution is -2.42. The fourth-order valence-corrected chi connectivity index (χ4v) is 2.22. The molecule has 0 aliphatic carbocycles. The molecule has 0 spiro atoms. The Morgan fingerprint density at radius 3 is 2.67 bits per heavy atom. The summed E-state index contributed by atoms with van der Waals surface area (Å²) in [6.45, 7) is 10.1. The summed E-state index contributed by atoms with van der Waals surface area (Å²) in [6.07, 6.45) is 1.06. The molecule has 18 heavy (non-hydrogen) atoms. The number of piperidine rings is 1. The highest BCUT2D eigenvalue weighted by Gasteiger charge is 2.28. The van der Waals surface area contributed by atoms with Gasteiger partial charge in [-0.3, -0.25) is 9.89 Å². The number of hydrogen-bond donors (Lipinski definition) is 1. The third-order valence-electron chi connectivity index (χ3n) is 3.86. The van der Waals surface area contributed by atoms with Gasteiger partial charge < -0.3 is 4.90 Å².